The van der Waals surface area contributed by atoms with E-state index < -0.39 is 0 Å². The van der Waals surface area contributed by atoms with E-state index in [1.165, 1.54) is 0 Å². The molecule has 0 N–H and O–H groups in total. The van der Waals surface area contributed by atoms with Crippen molar-refractivity contribution in [3.05, 3.63) is 37.0 Å². The van der Waals surface area contributed by atoms with E-state index >= 15 is 0 Å². The summed E-state index contributed by atoms with van der Waals surface area (Å²) in [5, 5.41) is 0. The number of fused-ring (bicyclic) bond motifs is 3. The molecular weight excluding hydrogens is 176 g/mol. The minimum absolute atomic E-state index is 0.172. The van der Waals surface area contributed by atoms with Crippen LogP contribution in [0.3, 0.4) is 0 Å². The van der Waals surface area contributed by atoms with Gasteiger partial charge in [0.2, 0.25) is 0 Å². The van der Waals surface area contributed by atoms with Crippen molar-refractivity contribution in [2.24, 2.45) is 0 Å². The molecule has 1 aliphatic heterocycles. The van der Waals surface area contributed by atoms with Crippen LogP contribution in [0, 0.1) is 6.92 Å². The summed E-state index contributed by atoms with van der Waals surface area (Å²) in [5.74, 6) is 1.00. The first-order valence-corrected chi connectivity index (χ1v) is 4.56. The van der Waals surface area contributed by atoms with Crippen LogP contribution in [0.25, 0.3) is 11.0 Å². The van der Waals surface area contributed by atoms with E-state index in [-0.39, 0.29) is 5.92 Å². The summed E-state index contributed by atoms with van der Waals surface area (Å²) in [6, 6.07) is 3.84. The molecule has 2 aromatic rings. The summed E-state index contributed by atoms with van der Waals surface area (Å²) in [6.07, 6.45) is 3.53. The highest BCUT2D eigenvalue weighted by molar-refractivity contribution is 5.81. The van der Waals surface area contributed by atoms with Gasteiger partial charge >= 0.3 is 0 Å². The van der Waals surface area contributed by atoms with Crippen molar-refractivity contribution < 1.29 is 4.74 Å². The maximum absolute atomic E-state index is 5.45. The van der Waals surface area contributed by atoms with Gasteiger partial charge in [0, 0.05) is 17.7 Å². The Morgan fingerprint density at radius 2 is 2.36 bits per heavy atom. The van der Waals surface area contributed by atoms with Gasteiger partial charge in [0.15, 0.2) is 0 Å². The zero-order valence-corrected chi connectivity index (χ0v) is 7.60. The highest BCUT2D eigenvalue weighted by Crippen LogP contribution is 2.36. The Bertz CT molecular complexity index is 496. The minimum Gasteiger partial charge on any atom is -0.491 e. The van der Waals surface area contributed by atoms with Crippen LogP contribution in [0.1, 0.15) is 11.5 Å². The largest absolute Gasteiger partial charge is 0.491 e. The van der Waals surface area contributed by atoms with Crippen LogP contribution in [-0.2, 0) is 0 Å². The molecule has 1 atom stereocenters. The molecule has 0 fully saturated rings. The van der Waals surface area contributed by atoms with Crippen molar-refractivity contribution in [3.8, 4) is 5.75 Å². The molecule has 0 spiro atoms. The highest BCUT2D eigenvalue weighted by atomic mass is 16.5. The first kappa shape index (κ1) is 7.74. The molecule has 0 saturated carbocycles. The molecule has 2 aromatic heterocycles. The number of aromatic nitrogens is 2. The molecule has 0 amide bonds. The fourth-order valence-corrected chi connectivity index (χ4v) is 1.81. The molecule has 3 heterocycles. The molecule has 3 rings (SSSR count). The fraction of sp³-hybridized carbons (Fsp3) is 0.182. The van der Waals surface area contributed by atoms with Crippen molar-refractivity contribution in [1.29, 1.82) is 0 Å². The van der Waals surface area contributed by atoms with Gasteiger partial charge in [-0.25, -0.2) is 0 Å². The van der Waals surface area contributed by atoms with E-state index in [1.54, 1.807) is 12.4 Å². The fourth-order valence-electron chi connectivity index (χ4n) is 1.81. The van der Waals surface area contributed by atoms with Crippen molar-refractivity contribution in [2.45, 2.75) is 5.92 Å². The summed E-state index contributed by atoms with van der Waals surface area (Å²) in [5.41, 5.74) is 2.92. The monoisotopic (exact) mass is 185 g/mol. The van der Waals surface area contributed by atoms with Gasteiger partial charge < -0.3 is 4.74 Å². The maximum atomic E-state index is 5.45. The Morgan fingerprint density at radius 1 is 1.43 bits per heavy atom. The van der Waals surface area contributed by atoms with Gasteiger partial charge in [0.25, 0.3) is 0 Å². The van der Waals surface area contributed by atoms with Crippen LogP contribution in [0.5, 0.6) is 5.75 Å². The van der Waals surface area contributed by atoms with Gasteiger partial charge in [0.05, 0.1) is 23.8 Å². The number of hydrogen-bond acceptors (Lipinski definition) is 3. The molecule has 1 aliphatic rings. The molecule has 69 valence electrons. The van der Waals surface area contributed by atoms with E-state index in [9.17, 15) is 0 Å². The molecule has 3 nitrogen and oxygen atoms in total. The van der Waals surface area contributed by atoms with Gasteiger partial charge in [-0.3, -0.25) is 9.97 Å². The van der Waals surface area contributed by atoms with Gasteiger partial charge in [-0.15, -0.1) is 0 Å². The highest BCUT2D eigenvalue weighted by Gasteiger charge is 2.23. The molecular formula is C11H9N2O. The quantitative estimate of drug-likeness (QED) is 0.629. The Hall–Kier alpha value is -1.64. The summed E-state index contributed by atoms with van der Waals surface area (Å²) in [4.78, 5) is 8.59. The van der Waals surface area contributed by atoms with Crippen molar-refractivity contribution in [3.63, 3.8) is 0 Å². The van der Waals surface area contributed by atoms with Gasteiger partial charge in [-0.05, 0) is 19.1 Å². The molecule has 0 bridgehead atoms. The van der Waals surface area contributed by atoms with Gasteiger partial charge in [0.1, 0.15) is 5.75 Å². The van der Waals surface area contributed by atoms with Crippen molar-refractivity contribution in [2.75, 3.05) is 6.61 Å². The lowest BCUT2D eigenvalue weighted by molar-refractivity contribution is 0.344. The summed E-state index contributed by atoms with van der Waals surface area (Å²) in [7, 11) is 0. The third-order valence-electron chi connectivity index (χ3n) is 2.48. The Balaban J connectivity index is 2.41. The first-order chi connectivity index (χ1) is 6.86. The predicted molar refractivity (Wildman–Crippen MR) is 53.1 cm³/mol. The SMILES string of the molecule is [CH2]C1COc2cnc3cccnc3c21. The Morgan fingerprint density at radius 3 is 3.29 bits per heavy atom. The number of rotatable bonds is 0. The second-order valence-electron chi connectivity index (χ2n) is 3.42. The second kappa shape index (κ2) is 2.67. The number of hydrogen-bond donors (Lipinski definition) is 0. The number of pyridine rings is 2. The normalized spacial score (nSPS) is 19.4. The van der Waals surface area contributed by atoms with Crippen molar-refractivity contribution >= 4 is 11.0 Å². The van der Waals surface area contributed by atoms with E-state index in [0.717, 1.165) is 22.3 Å². The van der Waals surface area contributed by atoms with E-state index in [0.29, 0.717) is 6.61 Å². The Kier molecular flexibility index (Phi) is 1.48. The zero-order chi connectivity index (χ0) is 9.54. The Labute approximate surface area is 81.8 Å². The van der Waals surface area contributed by atoms with E-state index in [4.69, 9.17) is 4.74 Å². The van der Waals surface area contributed by atoms with E-state index in [2.05, 4.69) is 16.9 Å². The number of ether oxygens (including phenoxy) is 1. The molecule has 1 unspecified atom stereocenters. The summed E-state index contributed by atoms with van der Waals surface area (Å²) in [6.45, 7) is 4.67. The average Bonchev–Trinajstić information content (AvgIpc) is 2.61. The van der Waals surface area contributed by atoms with Crippen LogP contribution < -0.4 is 4.74 Å². The lowest BCUT2D eigenvalue weighted by atomic mass is 10.0. The summed E-state index contributed by atoms with van der Waals surface area (Å²) < 4.78 is 5.45. The molecule has 1 radical (unpaired) electrons. The molecule has 3 heteroatoms. The summed E-state index contributed by atoms with van der Waals surface area (Å²) >= 11 is 0. The average molecular weight is 185 g/mol. The molecule has 0 aromatic carbocycles. The maximum Gasteiger partial charge on any atom is 0.143 e. The smallest absolute Gasteiger partial charge is 0.143 e. The van der Waals surface area contributed by atoms with Crippen LogP contribution in [0.15, 0.2) is 24.5 Å². The standard InChI is InChI=1S/C11H9N2O/c1-7-6-14-9-5-13-8-3-2-4-12-11(8)10(7)9/h2-5,7H,1,6H2. The first-order valence-electron chi connectivity index (χ1n) is 4.56. The topological polar surface area (TPSA) is 35.0 Å². The van der Waals surface area contributed by atoms with Gasteiger partial charge in [-0.2, -0.15) is 0 Å². The van der Waals surface area contributed by atoms with Gasteiger partial charge in [-0.1, -0.05) is 0 Å². The van der Waals surface area contributed by atoms with Crippen molar-refractivity contribution in [1.82, 2.24) is 9.97 Å². The van der Waals surface area contributed by atoms with E-state index in [1.807, 2.05) is 12.1 Å². The third-order valence-corrected chi connectivity index (χ3v) is 2.48. The molecule has 14 heavy (non-hydrogen) atoms. The van der Waals surface area contributed by atoms with Crippen LogP contribution in [-0.4, -0.2) is 16.6 Å². The lowest BCUT2D eigenvalue weighted by Crippen LogP contribution is -1.95. The molecule has 0 aliphatic carbocycles. The number of nitrogens with zero attached hydrogens (tertiary/aromatic N) is 2. The van der Waals surface area contributed by atoms with Crippen LogP contribution in [0.2, 0.25) is 0 Å². The molecule has 0 saturated heterocycles. The van der Waals surface area contributed by atoms with Crippen LogP contribution >= 0.6 is 0 Å². The van der Waals surface area contributed by atoms with Crippen LogP contribution in [0.4, 0.5) is 0 Å². The zero-order valence-electron chi connectivity index (χ0n) is 7.60. The minimum atomic E-state index is 0.172. The lowest BCUT2D eigenvalue weighted by Gasteiger charge is -2.03. The second-order valence-corrected chi connectivity index (χ2v) is 3.42. The third kappa shape index (κ3) is 0.923. The predicted octanol–water partition coefficient (Wildman–Crippen LogP) is 1.94.